The van der Waals surface area contributed by atoms with Crippen LogP contribution in [-0.2, 0) is 0 Å². The number of aryl methyl sites for hydroxylation is 1. The van der Waals surface area contributed by atoms with Crippen LogP contribution >= 0.6 is 31.9 Å². The van der Waals surface area contributed by atoms with Gasteiger partial charge >= 0.3 is 0 Å². The van der Waals surface area contributed by atoms with Crippen LogP contribution in [0.5, 0.6) is 0 Å². The molecule has 0 fully saturated rings. The maximum atomic E-state index is 12.3. The maximum absolute atomic E-state index is 12.3. The maximum Gasteiger partial charge on any atom is 0.259 e. The van der Waals surface area contributed by atoms with Gasteiger partial charge in [-0.1, -0.05) is 6.07 Å². The van der Waals surface area contributed by atoms with E-state index in [2.05, 4.69) is 47.6 Å². The normalized spacial score (nSPS) is 10.2. The van der Waals surface area contributed by atoms with Gasteiger partial charge in [0.25, 0.3) is 5.91 Å². The average Bonchev–Trinajstić information content (AvgIpc) is 2.42. The van der Waals surface area contributed by atoms with Crippen molar-refractivity contribution in [1.29, 1.82) is 0 Å². The van der Waals surface area contributed by atoms with Gasteiger partial charge in [0.15, 0.2) is 0 Å². The highest BCUT2D eigenvalue weighted by Gasteiger charge is 2.15. The Hall–Kier alpha value is -1.44. The number of hydrogen-bond donors (Lipinski definition) is 3. The van der Waals surface area contributed by atoms with Crippen molar-refractivity contribution in [2.75, 3.05) is 10.7 Å². The number of benzene rings is 1. The van der Waals surface area contributed by atoms with Crippen LogP contribution in [0.25, 0.3) is 0 Å². The van der Waals surface area contributed by atoms with Crippen LogP contribution < -0.4 is 16.6 Å². The number of nitrogens with zero attached hydrogens (tertiary/aromatic N) is 1. The van der Waals surface area contributed by atoms with Gasteiger partial charge in [-0.05, 0) is 57.0 Å². The second-order valence-electron chi connectivity index (χ2n) is 4.07. The molecule has 0 aliphatic heterocycles. The van der Waals surface area contributed by atoms with E-state index >= 15 is 0 Å². The third-order valence-corrected chi connectivity index (χ3v) is 3.96. The monoisotopic (exact) mass is 398 g/mol. The molecule has 2 rings (SSSR count). The number of nitrogens with one attached hydrogen (secondary N) is 2. The molecule has 1 aromatic heterocycles. The number of para-hydroxylation sites is 1. The Bertz CT molecular complexity index is 641. The van der Waals surface area contributed by atoms with Crippen molar-refractivity contribution in [2.24, 2.45) is 5.84 Å². The first-order chi connectivity index (χ1) is 9.52. The summed E-state index contributed by atoms with van der Waals surface area (Å²) in [6.07, 6.45) is 1.49. The van der Waals surface area contributed by atoms with Crippen molar-refractivity contribution in [3.05, 3.63) is 50.7 Å². The van der Waals surface area contributed by atoms with Gasteiger partial charge in [0.1, 0.15) is 0 Å². The highest BCUT2D eigenvalue weighted by molar-refractivity contribution is 9.11. The Balaban J connectivity index is 2.33. The molecule has 104 valence electrons. The number of halogens is 2. The molecule has 4 N–H and O–H groups in total. The van der Waals surface area contributed by atoms with E-state index in [-0.39, 0.29) is 5.91 Å². The van der Waals surface area contributed by atoms with E-state index in [0.717, 1.165) is 14.6 Å². The molecule has 2 aromatic rings. The molecule has 0 atom stereocenters. The van der Waals surface area contributed by atoms with Crippen molar-refractivity contribution >= 4 is 49.1 Å². The minimum Gasteiger partial charge on any atom is -0.323 e. The molecule has 20 heavy (non-hydrogen) atoms. The number of carbonyl (C=O) groups excluding carboxylic acids is 1. The van der Waals surface area contributed by atoms with Crippen LogP contribution in [0.3, 0.4) is 0 Å². The zero-order chi connectivity index (χ0) is 14.7. The largest absolute Gasteiger partial charge is 0.323 e. The summed E-state index contributed by atoms with van der Waals surface area (Å²) < 4.78 is 1.56. The van der Waals surface area contributed by atoms with Crippen LogP contribution in [0.1, 0.15) is 16.1 Å². The Kier molecular flexibility index (Phi) is 4.74. The third-order valence-electron chi connectivity index (χ3n) is 2.64. The number of rotatable bonds is 3. The van der Waals surface area contributed by atoms with E-state index in [9.17, 15) is 4.79 Å². The van der Waals surface area contributed by atoms with Gasteiger partial charge in [-0.3, -0.25) is 15.6 Å². The lowest BCUT2D eigenvalue weighted by Crippen LogP contribution is -2.18. The molecule has 1 aromatic carbocycles. The summed E-state index contributed by atoms with van der Waals surface area (Å²) in [7, 11) is 0. The first kappa shape index (κ1) is 15.0. The van der Waals surface area contributed by atoms with Crippen LogP contribution in [0.2, 0.25) is 0 Å². The van der Waals surface area contributed by atoms with Crippen LogP contribution in [0, 0.1) is 6.92 Å². The zero-order valence-electron chi connectivity index (χ0n) is 10.6. The number of pyridine rings is 1. The highest BCUT2D eigenvalue weighted by atomic mass is 79.9. The summed E-state index contributed by atoms with van der Waals surface area (Å²) in [5.41, 5.74) is 4.84. The van der Waals surface area contributed by atoms with Gasteiger partial charge in [0.05, 0.1) is 16.9 Å². The van der Waals surface area contributed by atoms with Crippen molar-refractivity contribution in [1.82, 2.24) is 4.98 Å². The lowest BCUT2D eigenvalue weighted by atomic mass is 10.2. The molecule has 0 bridgehead atoms. The number of carbonyl (C=O) groups is 1. The summed E-state index contributed by atoms with van der Waals surface area (Å²) >= 11 is 6.79. The van der Waals surface area contributed by atoms with Gasteiger partial charge in [0, 0.05) is 20.8 Å². The predicted molar refractivity (Wildman–Crippen MR) is 86.6 cm³/mol. The first-order valence-electron chi connectivity index (χ1n) is 5.71. The molecular weight excluding hydrogens is 388 g/mol. The highest BCUT2D eigenvalue weighted by Crippen LogP contribution is 2.31. The fraction of sp³-hybridized carbons (Fsp3) is 0.0769. The summed E-state index contributed by atoms with van der Waals surface area (Å²) in [4.78, 5) is 16.4. The van der Waals surface area contributed by atoms with E-state index in [1.54, 1.807) is 6.07 Å². The van der Waals surface area contributed by atoms with Gasteiger partial charge in [-0.25, -0.2) is 0 Å². The van der Waals surface area contributed by atoms with Crippen molar-refractivity contribution in [3.8, 4) is 0 Å². The number of nitrogen functional groups attached to an aromatic ring is 1. The van der Waals surface area contributed by atoms with Crippen molar-refractivity contribution in [2.45, 2.75) is 6.92 Å². The van der Waals surface area contributed by atoms with E-state index in [4.69, 9.17) is 5.84 Å². The number of anilines is 2. The molecule has 0 aliphatic rings. The van der Waals surface area contributed by atoms with Gasteiger partial charge in [-0.15, -0.1) is 0 Å². The SMILES string of the molecule is Cc1cc(NN)c(C(=O)Nc2c(Br)cccc2Br)cn1. The van der Waals surface area contributed by atoms with Crippen molar-refractivity contribution in [3.63, 3.8) is 0 Å². The molecule has 7 heteroatoms. The standard InChI is InChI=1S/C13H12Br2N4O/c1-7-5-11(19-16)8(6-17-7)13(20)18-12-9(14)3-2-4-10(12)15/h2-6H,16H2,1H3,(H,17,19)(H,18,20). The third kappa shape index (κ3) is 3.17. The molecule has 0 aliphatic carbocycles. The minimum absolute atomic E-state index is 0.293. The topological polar surface area (TPSA) is 80.0 Å². The van der Waals surface area contributed by atoms with Gasteiger partial charge in [0.2, 0.25) is 0 Å². The van der Waals surface area contributed by atoms with E-state index in [1.165, 1.54) is 6.20 Å². The lowest BCUT2D eigenvalue weighted by molar-refractivity contribution is 0.102. The Labute approximate surface area is 133 Å². The Morgan fingerprint density at radius 3 is 2.55 bits per heavy atom. The second kappa shape index (κ2) is 6.34. The minimum atomic E-state index is -0.293. The fourth-order valence-electron chi connectivity index (χ4n) is 1.66. The summed E-state index contributed by atoms with van der Waals surface area (Å²) in [5, 5.41) is 2.82. The number of hydrazine groups is 1. The smallest absolute Gasteiger partial charge is 0.259 e. The van der Waals surface area contributed by atoms with E-state index in [0.29, 0.717) is 16.9 Å². The summed E-state index contributed by atoms with van der Waals surface area (Å²) in [6.45, 7) is 1.83. The molecular formula is C13H12Br2N4O. The van der Waals surface area contributed by atoms with Gasteiger partial charge in [-0.2, -0.15) is 0 Å². The van der Waals surface area contributed by atoms with E-state index in [1.807, 2.05) is 25.1 Å². The van der Waals surface area contributed by atoms with Crippen molar-refractivity contribution < 1.29 is 4.79 Å². The molecule has 5 nitrogen and oxygen atoms in total. The van der Waals surface area contributed by atoms with Crippen LogP contribution in [0.15, 0.2) is 39.4 Å². The number of hydrogen-bond acceptors (Lipinski definition) is 4. The molecule has 0 spiro atoms. The lowest BCUT2D eigenvalue weighted by Gasteiger charge is -2.12. The molecule has 0 saturated carbocycles. The first-order valence-corrected chi connectivity index (χ1v) is 7.30. The number of amides is 1. The quantitative estimate of drug-likeness (QED) is 0.545. The Morgan fingerprint density at radius 2 is 1.95 bits per heavy atom. The summed E-state index contributed by atoms with van der Waals surface area (Å²) in [5.74, 6) is 5.14. The molecule has 1 heterocycles. The molecule has 0 unspecified atom stereocenters. The molecule has 0 saturated heterocycles. The Morgan fingerprint density at radius 1 is 1.30 bits per heavy atom. The number of nitrogens with two attached hydrogens (primary N) is 1. The van der Waals surface area contributed by atoms with E-state index < -0.39 is 0 Å². The van der Waals surface area contributed by atoms with Crippen LogP contribution in [0.4, 0.5) is 11.4 Å². The zero-order valence-corrected chi connectivity index (χ0v) is 13.7. The molecule has 0 radical (unpaired) electrons. The second-order valence-corrected chi connectivity index (χ2v) is 5.78. The summed E-state index contributed by atoms with van der Waals surface area (Å²) in [6, 6.07) is 7.26. The molecule has 1 amide bonds. The fourth-order valence-corrected chi connectivity index (χ4v) is 2.85. The van der Waals surface area contributed by atoms with Crippen LogP contribution in [-0.4, -0.2) is 10.9 Å². The van der Waals surface area contributed by atoms with Gasteiger partial charge < -0.3 is 10.7 Å². The number of aromatic nitrogens is 1. The average molecular weight is 400 g/mol. The predicted octanol–water partition coefficient (Wildman–Crippen LogP) is 3.45.